The summed E-state index contributed by atoms with van der Waals surface area (Å²) in [4.78, 5) is 24.9. The molecule has 1 N–H and O–H groups in total. The molecule has 1 aromatic carbocycles. The van der Waals surface area contributed by atoms with Crippen molar-refractivity contribution < 1.29 is 13.2 Å². The standard InChI is InChI=1S/C26H35N7O3S2/c1-2-18-37-26-29-23(31-13-6-7-14-31)22-19-28-33(24(22)30-26)17-12-27-25(34)20-8-10-21(11-9-20)38(35,36)32-15-4-3-5-16-32/h8-11,19H,2-7,12-18H2,1H3,(H,27,34). The molecule has 2 aromatic heterocycles. The van der Waals surface area contributed by atoms with Gasteiger partial charge in [0.25, 0.3) is 5.91 Å². The first-order chi connectivity index (χ1) is 18.5. The number of hydrogen-bond acceptors (Lipinski definition) is 8. The van der Waals surface area contributed by atoms with E-state index in [4.69, 9.17) is 9.97 Å². The Balaban J connectivity index is 1.25. The van der Waals surface area contributed by atoms with Gasteiger partial charge in [0.15, 0.2) is 10.8 Å². The minimum absolute atomic E-state index is 0.226. The van der Waals surface area contributed by atoms with Crippen LogP contribution in [-0.2, 0) is 16.6 Å². The predicted molar refractivity (Wildman–Crippen MR) is 149 cm³/mol. The fraction of sp³-hybridized carbons (Fsp3) is 0.538. The van der Waals surface area contributed by atoms with Gasteiger partial charge in [0, 0.05) is 44.0 Å². The molecular formula is C26H35N7O3S2. The molecule has 2 aliphatic heterocycles. The van der Waals surface area contributed by atoms with Crippen molar-refractivity contribution in [3.63, 3.8) is 0 Å². The molecule has 38 heavy (non-hydrogen) atoms. The predicted octanol–water partition coefficient (Wildman–Crippen LogP) is 3.53. The van der Waals surface area contributed by atoms with Crippen LogP contribution in [0, 0.1) is 0 Å². The van der Waals surface area contributed by atoms with Gasteiger partial charge in [0.1, 0.15) is 5.82 Å². The molecule has 2 aliphatic rings. The summed E-state index contributed by atoms with van der Waals surface area (Å²) in [7, 11) is -3.52. The third-order valence-corrected chi connectivity index (χ3v) is 9.94. The Hall–Kier alpha value is -2.70. The van der Waals surface area contributed by atoms with Crippen molar-refractivity contribution >= 4 is 44.5 Å². The summed E-state index contributed by atoms with van der Waals surface area (Å²) in [5, 5.41) is 9.17. The van der Waals surface area contributed by atoms with Gasteiger partial charge in [0.05, 0.1) is 23.0 Å². The van der Waals surface area contributed by atoms with Crippen molar-refractivity contribution in [2.45, 2.75) is 62.0 Å². The van der Waals surface area contributed by atoms with Crippen molar-refractivity contribution in [3.05, 3.63) is 36.0 Å². The van der Waals surface area contributed by atoms with Crippen molar-refractivity contribution in [2.24, 2.45) is 0 Å². The largest absolute Gasteiger partial charge is 0.356 e. The number of rotatable bonds is 10. The van der Waals surface area contributed by atoms with E-state index in [0.29, 0.717) is 31.7 Å². The molecule has 2 fully saturated rings. The number of nitrogens with zero attached hydrogens (tertiary/aromatic N) is 6. The number of sulfonamides is 1. The Morgan fingerprint density at radius 2 is 1.71 bits per heavy atom. The Labute approximate surface area is 228 Å². The minimum Gasteiger partial charge on any atom is -0.356 e. The van der Waals surface area contributed by atoms with Gasteiger partial charge in [-0.25, -0.2) is 23.1 Å². The number of nitrogens with one attached hydrogen (secondary N) is 1. The Morgan fingerprint density at radius 3 is 2.42 bits per heavy atom. The quantitative estimate of drug-likeness (QED) is 0.298. The van der Waals surface area contributed by atoms with Crippen LogP contribution >= 0.6 is 11.8 Å². The van der Waals surface area contributed by atoms with Crippen molar-refractivity contribution in [3.8, 4) is 0 Å². The minimum atomic E-state index is -3.52. The maximum Gasteiger partial charge on any atom is 0.251 e. The summed E-state index contributed by atoms with van der Waals surface area (Å²) in [5.41, 5.74) is 1.20. The number of fused-ring (bicyclic) bond motifs is 1. The maximum atomic E-state index is 12.9. The molecule has 1 amide bonds. The molecule has 0 atom stereocenters. The third kappa shape index (κ3) is 5.81. The van der Waals surface area contributed by atoms with E-state index >= 15 is 0 Å². The van der Waals surface area contributed by atoms with Gasteiger partial charge in [-0.2, -0.15) is 9.40 Å². The zero-order chi connectivity index (χ0) is 26.5. The van der Waals surface area contributed by atoms with Gasteiger partial charge in [-0.3, -0.25) is 4.79 Å². The molecule has 0 aliphatic carbocycles. The van der Waals surface area contributed by atoms with Gasteiger partial charge < -0.3 is 10.2 Å². The van der Waals surface area contributed by atoms with Gasteiger partial charge in [-0.15, -0.1) is 0 Å². The molecule has 2 saturated heterocycles. The number of benzene rings is 1. The third-order valence-electron chi connectivity index (χ3n) is 6.97. The Kier molecular flexibility index (Phi) is 8.49. The number of hydrogen-bond donors (Lipinski definition) is 1. The molecule has 0 bridgehead atoms. The molecule has 12 heteroatoms. The summed E-state index contributed by atoms with van der Waals surface area (Å²) in [5.74, 6) is 1.64. The average molecular weight is 558 g/mol. The van der Waals surface area contributed by atoms with Crippen LogP contribution in [0.1, 0.15) is 55.8 Å². The zero-order valence-corrected chi connectivity index (χ0v) is 23.4. The second-order valence-electron chi connectivity index (χ2n) is 9.72. The number of piperidine rings is 1. The van der Waals surface area contributed by atoms with Gasteiger partial charge in [0.2, 0.25) is 10.0 Å². The molecule has 3 aromatic rings. The highest BCUT2D eigenvalue weighted by atomic mass is 32.2. The molecule has 5 rings (SSSR count). The number of amides is 1. The fourth-order valence-corrected chi connectivity index (χ4v) is 7.13. The van der Waals surface area contributed by atoms with Crippen LogP contribution in [0.25, 0.3) is 11.0 Å². The topological polar surface area (TPSA) is 113 Å². The number of carbonyl (C=O) groups excluding carboxylic acids is 1. The lowest BCUT2D eigenvalue weighted by atomic mass is 10.2. The Morgan fingerprint density at radius 1 is 1.00 bits per heavy atom. The summed E-state index contributed by atoms with van der Waals surface area (Å²) in [6.45, 7) is 6.05. The van der Waals surface area contributed by atoms with Crippen LogP contribution in [0.5, 0.6) is 0 Å². The van der Waals surface area contributed by atoms with Crippen molar-refractivity contribution in [1.82, 2.24) is 29.4 Å². The van der Waals surface area contributed by atoms with Crippen LogP contribution in [-0.4, -0.2) is 76.9 Å². The van der Waals surface area contributed by atoms with E-state index in [1.54, 1.807) is 23.9 Å². The van der Waals surface area contributed by atoms with E-state index in [1.165, 1.54) is 16.4 Å². The molecule has 10 nitrogen and oxygen atoms in total. The number of anilines is 1. The summed E-state index contributed by atoms with van der Waals surface area (Å²) in [6.07, 6.45) is 8.02. The second kappa shape index (κ2) is 12.0. The highest BCUT2D eigenvalue weighted by molar-refractivity contribution is 7.99. The first kappa shape index (κ1) is 26.9. The van der Waals surface area contributed by atoms with Gasteiger partial charge in [-0.1, -0.05) is 25.1 Å². The van der Waals surface area contributed by atoms with Gasteiger partial charge >= 0.3 is 0 Å². The lowest BCUT2D eigenvalue weighted by molar-refractivity contribution is 0.0952. The zero-order valence-electron chi connectivity index (χ0n) is 21.8. The molecule has 0 saturated carbocycles. The normalized spacial score (nSPS) is 16.8. The van der Waals surface area contributed by atoms with Crippen molar-refractivity contribution in [1.29, 1.82) is 0 Å². The van der Waals surface area contributed by atoms with E-state index in [2.05, 4.69) is 22.2 Å². The lowest BCUT2D eigenvalue weighted by Crippen LogP contribution is -2.35. The van der Waals surface area contributed by atoms with E-state index in [1.807, 2.05) is 10.9 Å². The van der Waals surface area contributed by atoms with E-state index in [-0.39, 0.29) is 10.8 Å². The molecule has 4 heterocycles. The molecular weight excluding hydrogens is 522 g/mol. The highest BCUT2D eigenvalue weighted by Crippen LogP contribution is 2.29. The lowest BCUT2D eigenvalue weighted by Gasteiger charge is -2.25. The molecule has 0 radical (unpaired) electrons. The van der Waals surface area contributed by atoms with Crippen LogP contribution in [0.15, 0.2) is 40.5 Å². The van der Waals surface area contributed by atoms with Gasteiger partial charge in [-0.05, 0) is 56.4 Å². The first-order valence-electron chi connectivity index (χ1n) is 13.5. The number of thioether (sulfide) groups is 1. The summed E-state index contributed by atoms with van der Waals surface area (Å²) < 4.78 is 29.1. The molecule has 204 valence electrons. The van der Waals surface area contributed by atoms with Crippen LogP contribution in [0.2, 0.25) is 0 Å². The van der Waals surface area contributed by atoms with Crippen LogP contribution in [0.3, 0.4) is 0 Å². The fourth-order valence-electron chi connectivity index (χ4n) is 4.92. The summed E-state index contributed by atoms with van der Waals surface area (Å²) >= 11 is 1.65. The monoisotopic (exact) mass is 557 g/mol. The molecule has 0 spiro atoms. The van der Waals surface area contributed by atoms with E-state index < -0.39 is 10.0 Å². The highest BCUT2D eigenvalue weighted by Gasteiger charge is 2.26. The maximum absolute atomic E-state index is 12.9. The SMILES string of the molecule is CCCSc1nc(N2CCCC2)c2cnn(CCNC(=O)c3ccc(S(=O)(=O)N4CCCCC4)cc3)c2n1. The summed E-state index contributed by atoms with van der Waals surface area (Å²) in [6, 6.07) is 6.18. The van der Waals surface area contributed by atoms with Crippen molar-refractivity contribution in [2.75, 3.05) is 43.4 Å². The number of carbonyl (C=O) groups is 1. The number of aromatic nitrogens is 4. The average Bonchev–Trinajstić information content (AvgIpc) is 3.63. The second-order valence-corrected chi connectivity index (χ2v) is 12.7. The first-order valence-corrected chi connectivity index (χ1v) is 15.9. The smallest absolute Gasteiger partial charge is 0.251 e. The van der Waals surface area contributed by atoms with E-state index in [0.717, 1.165) is 79.4 Å². The van der Waals surface area contributed by atoms with Crippen LogP contribution in [0.4, 0.5) is 5.82 Å². The van der Waals surface area contributed by atoms with E-state index in [9.17, 15) is 13.2 Å². The Bertz CT molecular complexity index is 1360. The van der Waals surface area contributed by atoms with Crippen LogP contribution < -0.4 is 10.2 Å². The molecule has 0 unspecified atom stereocenters.